The van der Waals surface area contributed by atoms with Crippen molar-refractivity contribution >= 4 is 17.9 Å². The maximum Gasteiger partial charge on any atom is 0.251 e. The number of hydrogen-bond donors (Lipinski definition) is 1. The standard InChI is InChI=1S/C22H27N3O2/c1-15-13-19(16(2)25(15)20-10-11-20)9-12-21(26)24(4)14-17-5-7-18(8-6-17)22(27)23-3/h5-9,12-13,20H,10-11,14H2,1-4H3,(H,23,27)/b12-9+. The molecule has 0 unspecified atom stereocenters. The smallest absolute Gasteiger partial charge is 0.251 e. The number of aromatic nitrogens is 1. The van der Waals surface area contributed by atoms with E-state index in [0.29, 0.717) is 18.2 Å². The van der Waals surface area contributed by atoms with Gasteiger partial charge in [-0.25, -0.2) is 0 Å². The number of likely N-dealkylation sites (N-methyl/N-ethyl adjacent to an activating group) is 1. The van der Waals surface area contributed by atoms with Crippen molar-refractivity contribution in [2.75, 3.05) is 14.1 Å². The number of nitrogens with zero attached hydrogens (tertiary/aromatic N) is 2. The van der Waals surface area contributed by atoms with Gasteiger partial charge in [0.25, 0.3) is 5.91 Å². The molecule has 0 bridgehead atoms. The van der Waals surface area contributed by atoms with Crippen LogP contribution in [0.4, 0.5) is 0 Å². The molecule has 1 N–H and O–H groups in total. The molecule has 1 aliphatic carbocycles. The molecule has 27 heavy (non-hydrogen) atoms. The van der Waals surface area contributed by atoms with E-state index in [-0.39, 0.29) is 11.8 Å². The van der Waals surface area contributed by atoms with E-state index in [0.717, 1.165) is 11.1 Å². The highest BCUT2D eigenvalue weighted by atomic mass is 16.2. The number of hydrogen-bond acceptors (Lipinski definition) is 2. The highest BCUT2D eigenvalue weighted by molar-refractivity contribution is 5.94. The molecule has 1 aromatic carbocycles. The van der Waals surface area contributed by atoms with E-state index in [1.807, 2.05) is 18.2 Å². The second-order valence-corrected chi connectivity index (χ2v) is 7.23. The summed E-state index contributed by atoms with van der Waals surface area (Å²) < 4.78 is 2.38. The Bertz CT molecular complexity index is 874. The van der Waals surface area contributed by atoms with E-state index >= 15 is 0 Å². The van der Waals surface area contributed by atoms with Crippen LogP contribution in [-0.2, 0) is 11.3 Å². The summed E-state index contributed by atoms with van der Waals surface area (Å²) in [6.45, 7) is 4.74. The summed E-state index contributed by atoms with van der Waals surface area (Å²) in [4.78, 5) is 25.7. The zero-order chi connectivity index (χ0) is 19.6. The molecule has 0 atom stereocenters. The van der Waals surface area contributed by atoms with Crippen LogP contribution in [0.1, 0.15) is 51.8 Å². The normalized spacial score (nSPS) is 13.8. The van der Waals surface area contributed by atoms with E-state index in [4.69, 9.17) is 0 Å². The number of aryl methyl sites for hydroxylation is 1. The highest BCUT2D eigenvalue weighted by Crippen LogP contribution is 2.38. The van der Waals surface area contributed by atoms with Crippen LogP contribution in [0.25, 0.3) is 6.08 Å². The fourth-order valence-corrected chi connectivity index (χ4v) is 3.41. The Hall–Kier alpha value is -2.82. The first-order valence-electron chi connectivity index (χ1n) is 9.33. The molecule has 0 saturated heterocycles. The summed E-state index contributed by atoms with van der Waals surface area (Å²) in [6.07, 6.45) is 6.05. The van der Waals surface area contributed by atoms with Crippen LogP contribution in [0, 0.1) is 13.8 Å². The number of carbonyl (C=O) groups is 2. The van der Waals surface area contributed by atoms with Crippen molar-refractivity contribution in [1.29, 1.82) is 0 Å². The van der Waals surface area contributed by atoms with Gasteiger partial charge < -0.3 is 14.8 Å². The van der Waals surface area contributed by atoms with Gasteiger partial charge in [0.1, 0.15) is 0 Å². The third-order valence-electron chi connectivity index (χ3n) is 5.08. The summed E-state index contributed by atoms with van der Waals surface area (Å²) in [5, 5.41) is 2.60. The number of amides is 2. The molecule has 5 nitrogen and oxygen atoms in total. The van der Waals surface area contributed by atoms with Crippen LogP contribution in [0.5, 0.6) is 0 Å². The van der Waals surface area contributed by atoms with Crippen LogP contribution < -0.4 is 5.32 Å². The Balaban J connectivity index is 1.63. The molecular weight excluding hydrogens is 338 g/mol. The fourth-order valence-electron chi connectivity index (χ4n) is 3.41. The lowest BCUT2D eigenvalue weighted by Crippen LogP contribution is -2.24. The summed E-state index contributed by atoms with van der Waals surface area (Å²) in [5.41, 5.74) is 5.19. The van der Waals surface area contributed by atoms with Crippen molar-refractivity contribution in [1.82, 2.24) is 14.8 Å². The van der Waals surface area contributed by atoms with Crippen molar-refractivity contribution in [2.45, 2.75) is 39.3 Å². The lowest BCUT2D eigenvalue weighted by atomic mass is 10.1. The van der Waals surface area contributed by atoms with E-state index in [9.17, 15) is 9.59 Å². The first-order chi connectivity index (χ1) is 12.9. The van der Waals surface area contributed by atoms with Crippen LogP contribution in [0.2, 0.25) is 0 Å². The minimum Gasteiger partial charge on any atom is -0.355 e. The molecule has 0 spiro atoms. The number of benzene rings is 1. The number of nitrogens with one attached hydrogen (secondary N) is 1. The number of carbonyl (C=O) groups excluding carboxylic acids is 2. The lowest BCUT2D eigenvalue weighted by Gasteiger charge is -2.15. The van der Waals surface area contributed by atoms with Crippen LogP contribution in [0.15, 0.2) is 36.4 Å². The maximum atomic E-state index is 12.5. The Morgan fingerprint density at radius 2 is 1.89 bits per heavy atom. The first-order valence-corrected chi connectivity index (χ1v) is 9.33. The predicted octanol–water partition coefficient (Wildman–Crippen LogP) is 3.47. The van der Waals surface area contributed by atoms with Crippen LogP contribution in [0.3, 0.4) is 0 Å². The van der Waals surface area contributed by atoms with Crippen molar-refractivity contribution in [3.05, 3.63) is 64.5 Å². The van der Waals surface area contributed by atoms with E-state index < -0.39 is 0 Å². The van der Waals surface area contributed by atoms with Gasteiger partial charge in [0, 0.05) is 49.7 Å². The molecule has 1 aromatic heterocycles. The summed E-state index contributed by atoms with van der Waals surface area (Å²) in [7, 11) is 3.39. The summed E-state index contributed by atoms with van der Waals surface area (Å²) in [5.74, 6) is -0.153. The Kier molecular flexibility index (Phi) is 5.49. The molecular formula is C22H27N3O2. The van der Waals surface area contributed by atoms with Crippen molar-refractivity contribution in [3.8, 4) is 0 Å². The number of rotatable bonds is 6. The summed E-state index contributed by atoms with van der Waals surface area (Å²) in [6, 6.07) is 10.1. The van der Waals surface area contributed by atoms with Gasteiger partial charge >= 0.3 is 0 Å². The molecule has 0 aliphatic heterocycles. The van der Waals surface area contributed by atoms with Gasteiger partial charge in [-0.05, 0) is 62.1 Å². The second kappa shape index (κ2) is 7.82. The highest BCUT2D eigenvalue weighted by Gasteiger charge is 2.26. The second-order valence-electron chi connectivity index (χ2n) is 7.23. The molecule has 0 radical (unpaired) electrons. The van der Waals surface area contributed by atoms with Gasteiger partial charge in [0.15, 0.2) is 0 Å². The first kappa shape index (κ1) is 19.0. The Morgan fingerprint density at radius 3 is 2.48 bits per heavy atom. The van der Waals surface area contributed by atoms with Crippen LogP contribution in [-0.4, -0.2) is 35.4 Å². The molecule has 1 aliphatic rings. The third kappa shape index (κ3) is 4.30. The van der Waals surface area contributed by atoms with Gasteiger partial charge in [0.05, 0.1) is 0 Å². The average molecular weight is 365 g/mol. The fraction of sp³-hybridized carbons (Fsp3) is 0.364. The van der Waals surface area contributed by atoms with Crippen molar-refractivity contribution in [3.63, 3.8) is 0 Å². The molecule has 1 heterocycles. The molecule has 1 saturated carbocycles. The molecule has 2 aromatic rings. The van der Waals surface area contributed by atoms with E-state index in [1.54, 1.807) is 37.2 Å². The zero-order valence-corrected chi connectivity index (χ0v) is 16.5. The molecule has 3 rings (SSSR count). The van der Waals surface area contributed by atoms with Gasteiger partial charge in [-0.1, -0.05) is 12.1 Å². The quantitative estimate of drug-likeness (QED) is 0.797. The molecule has 142 valence electrons. The van der Waals surface area contributed by atoms with Gasteiger partial charge in [-0.2, -0.15) is 0 Å². The van der Waals surface area contributed by atoms with Gasteiger partial charge in [0.2, 0.25) is 5.91 Å². The Labute approximate surface area is 160 Å². The van der Waals surface area contributed by atoms with Gasteiger partial charge in [-0.3, -0.25) is 9.59 Å². The largest absolute Gasteiger partial charge is 0.355 e. The zero-order valence-electron chi connectivity index (χ0n) is 16.5. The minimum absolute atomic E-state index is 0.0402. The van der Waals surface area contributed by atoms with Crippen molar-refractivity contribution in [2.24, 2.45) is 0 Å². The SMILES string of the molecule is CNC(=O)c1ccc(CN(C)C(=O)/C=C/c2cc(C)n(C3CC3)c2C)cc1. The minimum atomic E-state index is -0.113. The average Bonchev–Trinajstić information content (AvgIpc) is 3.45. The van der Waals surface area contributed by atoms with Gasteiger partial charge in [-0.15, -0.1) is 0 Å². The third-order valence-corrected chi connectivity index (χ3v) is 5.08. The molecule has 1 fully saturated rings. The molecule has 5 heteroatoms. The Morgan fingerprint density at radius 1 is 1.22 bits per heavy atom. The topological polar surface area (TPSA) is 54.3 Å². The van der Waals surface area contributed by atoms with E-state index in [2.05, 4.69) is 29.8 Å². The van der Waals surface area contributed by atoms with Crippen LogP contribution >= 0.6 is 0 Å². The summed E-state index contributed by atoms with van der Waals surface area (Å²) >= 11 is 0. The lowest BCUT2D eigenvalue weighted by molar-refractivity contribution is -0.125. The predicted molar refractivity (Wildman–Crippen MR) is 108 cm³/mol. The maximum absolute atomic E-state index is 12.5. The monoisotopic (exact) mass is 365 g/mol. The van der Waals surface area contributed by atoms with Crippen molar-refractivity contribution < 1.29 is 9.59 Å². The van der Waals surface area contributed by atoms with E-state index in [1.165, 1.54) is 24.2 Å². The molecule has 2 amide bonds.